The van der Waals surface area contributed by atoms with Crippen molar-refractivity contribution in [2.75, 3.05) is 0 Å². The van der Waals surface area contributed by atoms with E-state index in [1.165, 1.54) is 28.8 Å². The second kappa shape index (κ2) is 4.37. The summed E-state index contributed by atoms with van der Waals surface area (Å²) in [6.07, 6.45) is 1.22. The Kier molecular flexibility index (Phi) is 2.67. The second-order valence-electron chi connectivity index (χ2n) is 4.07. The van der Waals surface area contributed by atoms with E-state index in [1.807, 2.05) is 0 Å². The quantitative estimate of drug-likeness (QED) is 0.779. The molecule has 2 heterocycles. The van der Waals surface area contributed by atoms with Gasteiger partial charge >= 0.3 is 5.97 Å². The van der Waals surface area contributed by atoms with Crippen LogP contribution >= 0.6 is 0 Å². The van der Waals surface area contributed by atoms with Gasteiger partial charge in [-0.2, -0.15) is 0 Å². The van der Waals surface area contributed by atoms with Crippen LogP contribution < -0.4 is 0 Å². The van der Waals surface area contributed by atoms with Crippen LogP contribution in [0.3, 0.4) is 0 Å². The van der Waals surface area contributed by atoms with Gasteiger partial charge < -0.3 is 5.11 Å². The Hall–Kier alpha value is -2.83. The average molecular weight is 275 g/mol. The fourth-order valence-corrected chi connectivity index (χ4v) is 1.90. The third-order valence-corrected chi connectivity index (χ3v) is 2.84. The number of hydrogen-bond acceptors (Lipinski definition) is 3. The lowest BCUT2D eigenvalue weighted by Gasteiger charge is -2.03. The monoisotopic (exact) mass is 275 g/mol. The van der Waals surface area contributed by atoms with Crippen molar-refractivity contribution in [2.24, 2.45) is 0 Å². The molecular weight excluding hydrogens is 268 g/mol. The lowest BCUT2D eigenvalue weighted by atomic mass is 10.2. The Morgan fingerprint density at radius 1 is 1.10 bits per heavy atom. The molecule has 0 amide bonds. The predicted octanol–water partition coefficient (Wildman–Crippen LogP) is 2.37. The molecule has 2 aromatic heterocycles. The first-order valence-electron chi connectivity index (χ1n) is 5.60. The molecule has 20 heavy (non-hydrogen) atoms. The molecule has 0 atom stereocenters. The maximum Gasteiger partial charge on any atom is 0.337 e. The fraction of sp³-hybridized carbons (Fsp3) is 0. The minimum atomic E-state index is -1.15. The van der Waals surface area contributed by atoms with Crippen molar-refractivity contribution in [1.82, 2.24) is 14.6 Å². The van der Waals surface area contributed by atoms with Crippen LogP contribution in [0.1, 0.15) is 10.4 Å². The van der Waals surface area contributed by atoms with Gasteiger partial charge in [0.1, 0.15) is 11.6 Å². The van der Waals surface area contributed by atoms with Gasteiger partial charge in [-0.25, -0.2) is 13.6 Å². The summed E-state index contributed by atoms with van der Waals surface area (Å²) in [5.41, 5.74) is -0.0783. The van der Waals surface area contributed by atoms with Crippen LogP contribution in [-0.2, 0) is 0 Å². The van der Waals surface area contributed by atoms with Crippen molar-refractivity contribution in [1.29, 1.82) is 0 Å². The normalized spacial score (nSPS) is 10.9. The van der Waals surface area contributed by atoms with Crippen molar-refractivity contribution in [3.63, 3.8) is 0 Å². The molecule has 7 heteroatoms. The van der Waals surface area contributed by atoms with Crippen LogP contribution in [0.2, 0.25) is 0 Å². The van der Waals surface area contributed by atoms with Crippen molar-refractivity contribution in [2.45, 2.75) is 0 Å². The number of halogens is 2. The first-order chi connectivity index (χ1) is 9.58. The van der Waals surface area contributed by atoms with E-state index in [0.29, 0.717) is 5.65 Å². The highest BCUT2D eigenvalue weighted by molar-refractivity contribution is 5.87. The number of carboxylic acid groups (broad SMARTS) is 1. The number of aromatic nitrogens is 3. The molecule has 1 N–H and O–H groups in total. The number of benzene rings is 1. The summed E-state index contributed by atoms with van der Waals surface area (Å²) >= 11 is 0. The Balaban J connectivity index is 2.31. The molecule has 0 aliphatic rings. The molecular formula is C13H7F2N3O2. The molecule has 3 rings (SSSR count). The summed E-state index contributed by atoms with van der Waals surface area (Å²) in [6, 6.07) is 6.19. The number of pyridine rings is 1. The van der Waals surface area contributed by atoms with Crippen LogP contribution in [0.5, 0.6) is 0 Å². The van der Waals surface area contributed by atoms with Crippen molar-refractivity contribution < 1.29 is 18.7 Å². The summed E-state index contributed by atoms with van der Waals surface area (Å²) in [4.78, 5) is 10.9. The Morgan fingerprint density at radius 2 is 1.80 bits per heavy atom. The molecule has 0 radical (unpaired) electrons. The van der Waals surface area contributed by atoms with E-state index < -0.39 is 17.6 Å². The molecule has 0 unspecified atom stereocenters. The summed E-state index contributed by atoms with van der Waals surface area (Å²) in [5.74, 6) is -2.82. The predicted molar refractivity (Wildman–Crippen MR) is 65.3 cm³/mol. The van der Waals surface area contributed by atoms with Gasteiger partial charge in [0.2, 0.25) is 0 Å². The number of hydrogen-bond donors (Lipinski definition) is 1. The van der Waals surface area contributed by atoms with E-state index >= 15 is 0 Å². The first-order valence-corrected chi connectivity index (χ1v) is 5.60. The number of rotatable bonds is 2. The minimum absolute atomic E-state index is 0.0321. The summed E-state index contributed by atoms with van der Waals surface area (Å²) in [5, 5.41) is 16.4. The topological polar surface area (TPSA) is 67.5 Å². The van der Waals surface area contributed by atoms with E-state index in [2.05, 4.69) is 10.2 Å². The lowest BCUT2D eigenvalue weighted by Crippen LogP contribution is -2.01. The third-order valence-electron chi connectivity index (χ3n) is 2.84. The van der Waals surface area contributed by atoms with Crippen LogP contribution in [0.25, 0.3) is 17.0 Å². The highest BCUT2D eigenvalue weighted by atomic mass is 19.1. The van der Waals surface area contributed by atoms with Crippen LogP contribution in [0, 0.1) is 11.6 Å². The first kappa shape index (κ1) is 12.2. The summed E-state index contributed by atoms with van der Waals surface area (Å²) < 4.78 is 28.8. The number of fused-ring (bicyclic) bond motifs is 1. The van der Waals surface area contributed by atoms with Gasteiger partial charge in [0.15, 0.2) is 11.5 Å². The Morgan fingerprint density at radius 3 is 2.45 bits per heavy atom. The largest absolute Gasteiger partial charge is 0.478 e. The zero-order chi connectivity index (χ0) is 14.3. The fourth-order valence-electron chi connectivity index (χ4n) is 1.90. The summed E-state index contributed by atoms with van der Waals surface area (Å²) in [6.45, 7) is 0. The molecule has 100 valence electrons. The molecule has 0 aliphatic heterocycles. The van der Waals surface area contributed by atoms with E-state index in [1.54, 1.807) is 0 Å². The van der Waals surface area contributed by atoms with Gasteiger partial charge in [0, 0.05) is 6.20 Å². The van der Waals surface area contributed by atoms with Gasteiger partial charge in [-0.3, -0.25) is 4.40 Å². The molecule has 0 saturated carbocycles. The van der Waals surface area contributed by atoms with Crippen molar-refractivity contribution >= 4 is 11.6 Å². The van der Waals surface area contributed by atoms with Gasteiger partial charge in [-0.1, -0.05) is 6.07 Å². The smallest absolute Gasteiger partial charge is 0.337 e. The zero-order valence-electron chi connectivity index (χ0n) is 9.92. The van der Waals surface area contributed by atoms with Gasteiger partial charge in [0.25, 0.3) is 0 Å². The number of carbonyl (C=O) groups is 1. The van der Waals surface area contributed by atoms with E-state index in [0.717, 1.165) is 12.1 Å². The molecule has 3 aromatic rings. The average Bonchev–Trinajstić information content (AvgIpc) is 2.81. The number of carboxylic acids is 1. The molecule has 0 aliphatic carbocycles. The maximum absolute atomic E-state index is 13.8. The van der Waals surface area contributed by atoms with E-state index in [9.17, 15) is 13.6 Å². The Labute approximate surface area is 111 Å². The van der Waals surface area contributed by atoms with Crippen LogP contribution in [-0.4, -0.2) is 25.7 Å². The molecule has 0 saturated heterocycles. The second-order valence-corrected chi connectivity index (χ2v) is 4.07. The standard InChI is InChI=1S/C13H7F2N3O2/c14-8-2-1-3-9(15)11(8)12-17-16-10-5-4-7(13(19)20)6-18(10)12/h1-6H,(H,19,20). The minimum Gasteiger partial charge on any atom is -0.478 e. The van der Waals surface area contributed by atoms with E-state index in [4.69, 9.17) is 5.11 Å². The van der Waals surface area contributed by atoms with Gasteiger partial charge in [-0.05, 0) is 24.3 Å². The SMILES string of the molecule is O=C(O)c1ccc2nnc(-c3c(F)cccc3F)n2c1. The third kappa shape index (κ3) is 1.80. The number of nitrogens with zero attached hydrogens (tertiary/aromatic N) is 3. The highest BCUT2D eigenvalue weighted by Gasteiger charge is 2.18. The zero-order valence-corrected chi connectivity index (χ0v) is 9.92. The molecule has 5 nitrogen and oxygen atoms in total. The maximum atomic E-state index is 13.8. The summed E-state index contributed by atoms with van der Waals surface area (Å²) in [7, 11) is 0. The van der Waals surface area contributed by atoms with Crippen molar-refractivity contribution in [3.05, 3.63) is 53.7 Å². The van der Waals surface area contributed by atoms with E-state index in [-0.39, 0.29) is 17.0 Å². The van der Waals surface area contributed by atoms with Crippen LogP contribution in [0.4, 0.5) is 8.78 Å². The Bertz CT molecular complexity index is 809. The number of aromatic carboxylic acids is 1. The molecule has 1 aromatic carbocycles. The van der Waals surface area contributed by atoms with Gasteiger partial charge in [0.05, 0.1) is 11.1 Å². The lowest BCUT2D eigenvalue weighted by molar-refractivity contribution is 0.0696. The molecule has 0 spiro atoms. The van der Waals surface area contributed by atoms with Gasteiger partial charge in [-0.15, -0.1) is 10.2 Å². The van der Waals surface area contributed by atoms with Crippen molar-refractivity contribution in [3.8, 4) is 11.4 Å². The molecule has 0 fully saturated rings. The molecule has 0 bridgehead atoms. The highest BCUT2D eigenvalue weighted by Crippen LogP contribution is 2.25. The van der Waals surface area contributed by atoms with Crippen LogP contribution in [0.15, 0.2) is 36.5 Å².